The van der Waals surface area contributed by atoms with Crippen LogP contribution in [0.25, 0.3) is 0 Å². The lowest BCUT2D eigenvalue weighted by atomic mass is 10.1. The predicted molar refractivity (Wildman–Crippen MR) is 67.6 cm³/mol. The van der Waals surface area contributed by atoms with Crippen molar-refractivity contribution in [2.45, 2.75) is 26.7 Å². The molecule has 6 nitrogen and oxygen atoms in total. The first-order valence-corrected chi connectivity index (χ1v) is 6.47. The Morgan fingerprint density at radius 3 is 2.56 bits per heavy atom. The molecule has 104 valence electrons. The molecule has 18 heavy (non-hydrogen) atoms. The monoisotopic (exact) mass is 257 g/mol. The van der Waals surface area contributed by atoms with E-state index in [9.17, 15) is 9.59 Å². The molecule has 1 aliphatic rings. The Hall–Kier alpha value is -1.14. The van der Waals surface area contributed by atoms with Crippen molar-refractivity contribution in [1.29, 1.82) is 0 Å². The van der Waals surface area contributed by atoms with Crippen molar-refractivity contribution in [1.82, 2.24) is 15.8 Å². The maximum atomic E-state index is 11.7. The van der Waals surface area contributed by atoms with Gasteiger partial charge in [-0.25, -0.2) is 5.43 Å². The van der Waals surface area contributed by atoms with Gasteiger partial charge in [-0.1, -0.05) is 13.8 Å². The highest BCUT2D eigenvalue weighted by Gasteiger charge is 2.15. The molecule has 2 N–H and O–H groups in total. The van der Waals surface area contributed by atoms with E-state index in [2.05, 4.69) is 10.9 Å². The summed E-state index contributed by atoms with van der Waals surface area (Å²) in [6, 6.07) is 0. The van der Waals surface area contributed by atoms with Crippen LogP contribution in [0.5, 0.6) is 0 Å². The van der Waals surface area contributed by atoms with Gasteiger partial charge < -0.3 is 9.64 Å². The molecule has 0 spiro atoms. The second kappa shape index (κ2) is 8.05. The fraction of sp³-hybridized carbons (Fsp3) is 0.833. The van der Waals surface area contributed by atoms with E-state index in [-0.39, 0.29) is 11.8 Å². The van der Waals surface area contributed by atoms with Gasteiger partial charge in [0.1, 0.15) is 0 Å². The number of rotatable bonds is 6. The molecule has 0 aromatic heterocycles. The molecule has 0 aromatic carbocycles. The van der Waals surface area contributed by atoms with Crippen molar-refractivity contribution in [2.24, 2.45) is 5.92 Å². The van der Waals surface area contributed by atoms with E-state index in [0.29, 0.717) is 51.6 Å². The van der Waals surface area contributed by atoms with Gasteiger partial charge in [-0.3, -0.25) is 15.0 Å². The predicted octanol–water partition coefficient (Wildman–Crippen LogP) is -0.0978. The summed E-state index contributed by atoms with van der Waals surface area (Å²) < 4.78 is 5.18. The fourth-order valence-corrected chi connectivity index (χ4v) is 1.72. The van der Waals surface area contributed by atoms with Gasteiger partial charge >= 0.3 is 0 Å². The number of nitrogens with zero attached hydrogens (tertiary/aromatic N) is 1. The normalized spacial score (nSPS) is 15.8. The Morgan fingerprint density at radius 1 is 1.28 bits per heavy atom. The molecular weight excluding hydrogens is 234 g/mol. The summed E-state index contributed by atoms with van der Waals surface area (Å²) in [4.78, 5) is 24.8. The summed E-state index contributed by atoms with van der Waals surface area (Å²) in [6.07, 6.45) is 0.881. The molecule has 0 aliphatic carbocycles. The lowest BCUT2D eigenvalue weighted by Gasteiger charge is -2.26. The maximum absolute atomic E-state index is 11.7. The molecule has 6 heteroatoms. The molecule has 2 amide bonds. The molecule has 0 unspecified atom stereocenters. The summed E-state index contributed by atoms with van der Waals surface area (Å²) in [6.45, 7) is 6.99. The second-order valence-electron chi connectivity index (χ2n) is 4.82. The standard InChI is InChI=1S/C12H23N3O3/c1-10(2)9-11(16)14-13-4-3-12(17)15-5-7-18-8-6-15/h10,13H,3-9H2,1-2H3,(H,14,16). The van der Waals surface area contributed by atoms with Gasteiger partial charge in [0, 0.05) is 32.5 Å². The maximum Gasteiger partial charge on any atom is 0.234 e. The molecule has 1 saturated heterocycles. The van der Waals surface area contributed by atoms with Crippen LogP contribution in [0.3, 0.4) is 0 Å². The highest BCUT2D eigenvalue weighted by atomic mass is 16.5. The van der Waals surface area contributed by atoms with E-state index in [1.54, 1.807) is 4.90 Å². The average molecular weight is 257 g/mol. The first-order chi connectivity index (χ1) is 8.59. The summed E-state index contributed by atoms with van der Waals surface area (Å²) in [5.41, 5.74) is 5.37. The number of carbonyl (C=O) groups excluding carboxylic acids is 2. The van der Waals surface area contributed by atoms with Crippen LogP contribution in [-0.2, 0) is 14.3 Å². The number of ether oxygens (including phenoxy) is 1. The topological polar surface area (TPSA) is 70.7 Å². The number of carbonyl (C=O) groups is 2. The zero-order valence-corrected chi connectivity index (χ0v) is 11.2. The first-order valence-electron chi connectivity index (χ1n) is 6.47. The smallest absolute Gasteiger partial charge is 0.234 e. The minimum absolute atomic E-state index is 0.0381. The fourth-order valence-electron chi connectivity index (χ4n) is 1.72. The molecule has 1 fully saturated rings. The van der Waals surface area contributed by atoms with Crippen LogP contribution in [-0.4, -0.2) is 49.6 Å². The van der Waals surface area contributed by atoms with Crippen LogP contribution in [0.4, 0.5) is 0 Å². The number of hydrogen-bond donors (Lipinski definition) is 2. The molecule has 1 heterocycles. The summed E-state index contributed by atoms with van der Waals surface area (Å²) in [7, 11) is 0. The van der Waals surface area contributed by atoms with Crippen molar-refractivity contribution in [2.75, 3.05) is 32.8 Å². The van der Waals surface area contributed by atoms with Gasteiger partial charge in [-0.05, 0) is 5.92 Å². The van der Waals surface area contributed by atoms with Crippen molar-refractivity contribution < 1.29 is 14.3 Å². The number of hydrazine groups is 1. The molecule has 0 bridgehead atoms. The molecule has 0 saturated carbocycles. The van der Waals surface area contributed by atoms with E-state index in [1.165, 1.54) is 0 Å². The Balaban J connectivity index is 2.06. The quantitative estimate of drug-likeness (QED) is 0.515. The Morgan fingerprint density at radius 2 is 1.94 bits per heavy atom. The van der Waals surface area contributed by atoms with Crippen LogP contribution in [0.2, 0.25) is 0 Å². The summed E-state index contributed by atoms with van der Waals surface area (Å²) in [5, 5.41) is 0. The lowest BCUT2D eigenvalue weighted by molar-refractivity contribution is -0.135. The average Bonchev–Trinajstić information content (AvgIpc) is 2.34. The third-order valence-corrected chi connectivity index (χ3v) is 2.65. The number of amides is 2. The Labute approximate surface area is 108 Å². The number of morpholine rings is 1. The van der Waals surface area contributed by atoms with Crippen LogP contribution < -0.4 is 10.9 Å². The first kappa shape index (κ1) is 14.9. The van der Waals surface area contributed by atoms with Gasteiger partial charge in [-0.2, -0.15) is 0 Å². The molecule has 0 radical (unpaired) electrons. The van der Waals surface area contributed by atoms with Gasteiger partial charge in [0.15, 0.2) is 0 Å². The second-order valence-corrected chi connectivity index (χ2v) is 4.82. The SMILES string of the molecule is CC(C)CC(=O)NNCCC(=O)N1CCOCC1. The van der Waals surface area contributed by atoms with E-state index in [0.717, 1.165) is 0 Å². The third-order valence-electron chi connectivity index (χ3n) is 2.65. The van der Waals surface area contributed by atoms with E-state index < -0.39 is 0 Å². The molecule has 1 aliphatic heterocycles. The van der Waals surface area contributed by atoms with Gasteiger partial charge in [0.2, 0.25) is 11.8 Å². The molecule has 0 atom stereocenters. The van der Waals surface area contributed by atoms with Gasteiger partial charge in [0.25, 0.3) is 0 Å². The molecule has 0 aromatic rings. The Bertz CT molecular complexity index is 276. The van der Waals surface area contributed by atoms with Crippen molar-refractivity contribution in [3.05, 3.63) is 0 Å². The van der Waals surface area contributed by atoms with Crippen LogP contribution in [0.1, 0.15) is 26.7 Å². The minimum Gasteiger partial charge on any atom is -0.378 e. The lowest BCUT2D eigenvalue weighted by Crippen LogP contribution is -2.43. The Kier molecular flexibility index (Phi) is 6.67. The van der Waals surface area contributed by atoms with Gasteiger partial charge in [0.05, 0.1) is 13.2 Å². The largest absolute Gasteiger partial charge is 0.378 e. The minimum atomic E-state index is -0.0381. The number of hydrogen-bond acceptors (Lipinski definition) is 4. The number of nitrogens with one attached hydrogen (secondary N) is 2. The third kappa shape index (κ3) is 5.97. The molecule has 1 rings (SSSR count). The van der Waals surface area contributed by atoms with E-state index in [4.69, 9.17) is 4.74 Å². The van der Waals surface area contributed by atoms with Gasteiger partial charge in [-0.15, -0.1) is 0 Å². The van der Waals surface area contributed by atoms with Crippen molar-refractivity contribution in [3.63, 3.8) is 0 Å². The zero-order chi connectivity index (χ0) is 13.4. The van der Waals surface area contributed by atoms with E-state index in [1.807, 2.05) is 13.8 Å². The van der Waals surface area contributed by atoms with Crippen molar-refractivity contribution >= 4 is 11.8 Å². The summed E-state index contributed by atoms with van der Waals surface area (Å²) >= 11 is 0. The molecular formula is C12H23N3O3. The van der Waals surface area contributed by atoms with Crippen LogP contribution in [0, 0.1) is 5.92 Å². The van der Waals surface area contributed by atoms with Crippen LogP contribution >= 0.6 is 0 Å². The summed E-state index contributed by atoms with van der Waals surface area (Å²) in [5.74, 6) is 0.398. The van der Waals surface area contributed by atoms with E-state index >= 15 is 0 Å². The van der Waals surface area contributed by atoms with Crippen LogP contribution in [0.15, 0.2) is 0 Å². The highest BCUT2D eigenvalue weighted by Crippen LogP contribution is 1.99. The zero-order valence-electron chi connectivity index (χ0n) is 11.2. The van der Waals surface area contributed by atoms with Crippen molar-refractivity contribution in [3.8, 4) is 0 Å². The highest BCUT2D eigenvalue weighted by molar-refractivity contribution is 5.77.